The first-order chi connectivity index (χ1) is 14.6. The van der Waals surface area contributed by atoms with E-state index < -0.39 is 6.10 Å². The predicted octanol–water partition coefficient (Wildman–Crippen LogP) is 0.597. The summed E-state index contributed by atoms with van der Waals surface area (Å²) in [4.78, 5) is 23.9. The Kier molecular flexibility index (Phi) is 5.93. The number of benzene rings is 1. The minimum absolute atomic E-state index is 0.0655. The molecule has 0 unspecified atom stereocenters. The highest BCUT2D eigenvalue weighted by molar-refractivity contribution is 5.91. The number of nitrogens with one attached hydrogen (secondary N) is 1. The molecule has 3 aromatic rings. The van der Waals surface area contributed by atoms with Crippen LogP contribution in [0.5, 0.6) is 0 Å². The monoisotopic (exact) mass is 411 g/mol. The molecule has 0 saturated carbocycles. The minimum Gasteiger partial charge on any atom is -0.394 e. The minimum atomic E-state index is -0.959. The molecule has 0 aliphatic carbocycles. The lowest BCUT2D eigenvalue weighted by Crippen LogP contribution is -2.36. The molecule has 0 spiro atoms. The van der Waals surface area contributed by atoms with Crippen LogP contribution in [0, 0.1) is 0 Å². The maximum Gasteiger partial charge on any atom is 0.264 e. The number of rotatable bonds is 6. The standard InChI is InChI=1S/C21H25N5O4/c1-25-13-23-18-10-17(24-20(19(18)21(25)29)22-11-16(28)12-27)14-2-4-15(5-3-14)26-6-8-30-9-7-26/h2-5,10,13,16,27-28H,6-9,11-12H2,1H3,(H,22,24)/t16-/m1/s1. The Balaban J connectivity index is 1.71. The highest BCUT2D eigenvalue weighted by Gasteiger charge is 2.15. The van der Waals surface area contributed by atoms with E-state index in [1.54, 1.807) is 13.1 Å². The molecule has 1 aromatic carbocycles. The normalized spacial score (nSPS) is 15.4. The van der Waals surface area contributed by atoms with Crippen LogP contribution in [0.1, 0.15) is 0 Å². The number of pyridine rings is 1. The van der Waals surface area contributed by atoms with E-state index in [0.717, 1.165) is 37.6 Å². The molecule has 3 N–H and O–H groups in total. The van der Waals surface area contributed by atoms with Gasteiger partial charge in [0.1, 0.15) is 11.2 Å². The number of aryl methyl sites for hydroxylation is 1. The van der Waals surface area contributed by atoms with Crippen molar-refractivity contribution in [2.24, 2.45) is 7.05 Å². The average Bonchev–Trinajstić information content (AvgIpc) is 2.80. The smallest absolute Gasteiger partial charge is 0.264 e. The van der Waals surface area contributed by atoms with E-state index in [-0.39, 0.29) is 18.7 Å². The quantitative estimate of drug-likeness (QED) is 0.541. The Hall–Kier alpha value is -3.01. The molecular formula is C21H25N5O4. The Morgan fingerprint density at radius 3 is 2.67 bits per heavy atom. The van der Waals surface area contributed by atoms with Gasteiger partial charge in [-0.1, -0.05) is 12.1 Å². The lowest BCUT2D eigenvalue weighted by atomic mass is 10.1. The second-order valence-corrected chi connectivity index (χ2v) is 7.27. The topological polar surface area (TPSA) is 113 Å². The van der Waals surface area contributed by atoms with Crippen LogP contribution < -0.4 is 15.8 Å². The van der Waals surface area contributed by atoms with Gasteiger partial charge in [0.05, 0.1) is 43.5 Å². The molecule has 1 fully saturated rings. The van der Waals surface area contributed by atoms with Crippen LogP contribution in [-0.2, 0) is 11.8 Å². The Morgan fingerprint density at radius 1 is 1.23 bits per heavy atom. The van der Waals surface area contributed by atoms with Crippen molar-refractivity contribution in [2.45, 2.75) is 6.10 Å². The molecule has 1 aliphatic heterocycles. The molecule has 3 heterocycles. The van der Waals surface area contributed by atoms with Gasteiger partial charge >= 0.3 is 0 Å². The van der Waals surface area contributed by atoms with Crippen LogP contribution in [0.25, 0.3) is 22.2 Å². The van der Waals surface area contributed by atoms with Crippen molar-refractivity contribution < 1.29 is 14.9 Å². The fraction of sp³-hybridized carbons (Fsp3) is 0.381. The summed E-state index contributed by atoms with van der Waals surface area (Å²) in [5, 5.41) is 22.1. The zero-order chi connectivity index (χ0) is 21.1. The van der Waals surface area contributed by atoms with E-state index in [1.165, 1.54) is 10.9 Å². The second kappa shape index (κ2) is 8.78. The third-order valence-corrected chi connectivity index (χ3v) is 5.16. The summed E-state index contributed by atoms with van der Waals surface area (Å²) >= 11 is 0. The van der Waals surface area contributed by atoms with E-state index in [1.807, 2.05) is 24.3 Å². The van der Waals surface area contributed by atoms with Crippen molar-refractivity contribution in [1.82, 2.24) is 14.5 Å². The first-order valence-electron chi connectivity index (χ1n) is 9.89. The van der Waals surface area contributed by atoms with E-state index in [9.17, 15) is 9.90 Å². The van der Waals surface area contributed by atoms with E-state index in [0.29, 0.717) is 22.4 Å². The molecule has 1 saturated heterocycles. The summed E-state index contributed by atoms with van der Waals surface area (Å²) < 4.78 is 6.79. The summed E-state index contributed by atoms with van der Waals surface area (Å²) in [6.45, 7) is 2.86. The van der Waals surface area contributed by atoms with Crippen LogP contribution in [0.15, 0.2) is 41.5 Å². The van der Waals surface area contributed by atoms with Crippen LogP contribution in [0.2, 0.25) is 0 Å². The zero-order valence-corrected chi connectivity index (χ0v) is 16.8. The van der Waals surface area contributed by atoms with Crippen molar-refractivity contribution >= 4 is 22.4 Å². The largest absolute Gasteiger partial charge is 0.394 e. The molecule has 1 aliphatic rings. The zero-order valence-electron chi connectivity index (χ0n) is 16.8. The van der Waals surface area contributed by atoms with Crippen LogP contribution in [-0.4, -0.2) is 70.3 Å². The third-order valence-electron chi connectivity index (χ3n) is 5.16. The third kappa shape index (κ3) is 4.13. The van der Waals surface area contributed by atoms with Gasteiger partial charge in [0.15, 0.2) is 0 Å². The number of hydrogen-bond acceptors (Lipinski definition) is 8. The van der Waals surface area contributed by atoms with Crippen molar-refractivity contribution in [3.63, 3.8) is 0 Å². The molecule has 9 nitrogen and oxygen atoms in total. The number of hydrogen-bond donors (Lipinski definition) is 3. The number of aliphatic hydroxyl groups excluding tert-OH is 2. The number of fused-ring (bicyclic) bond motifs is 1. The van der Waals surface area contributed by atoms with Gasteiger partial charge in [-0.05, 0) is 18.2 Å². The summed E-state index contributed by atoms with van der Waals surface area (Å²) in [5.74, 6) is 0.334. The maximum absolute atomic E-state index is 12.6. The molecule has 1 atom stereocenters. The summed E-state index contributed by atoms with van der Waals surface area (Å²) in [5.41, 5.74) is 2.96. The van der Waals surface area contributed by atoms with E-state index in [4.69, 9.17) is 9.84 Å². The van der Waals surface area contributed by atoms with Gasteiger partial charge in [-0.25, -0.2) is 9.97 Å². The molecule has 0 bridgehead atoms. The Bertz CT molecular complexity index is 1080. The van der Waals surface area contributed by atoms with Crippen molar-refractivity contribution in [3.8, 4) is 11.3 Å². The van der Waals surface area contributed by atoms with Gasteiger partial charge in [0, 0.05) is 37.9 Å². The second-order valence-electron chi connectivity index (χ2n) is 7.27. The number of nitrogens with zero attached hydrogens (tertiary/aromatic N) is 4. The molecule has 0 amide bonds. The number of anilines is 2. The Labute approximate surface area is 173 Å². The number of aliphatic hydroxyl groups is 2. The van der Waals surface area contributed by atoms with Crippen molar-refractivity contribution in [1.29, 1.82) is 0 Å². The SMILES string of the molecule is Cn1cnc2cc(-c3ccc(N4CCOCC4)cc3)nc(NC[C@@H](O)CO)c2c1=O. The van der Waals surface area contributed by atoms with Crippen LogP contribution in [0.4, 0.5) is 11.5 Å². The molecule has 2 aromatic heterocycles. The molecule has 158 valence electrons. The predicted molar refractivity (Wildman–Crippen MR) is 115 cm³/mol. The molecule has 9 heteroatoms. The van der Waals surface area contributed by atoms with Gasteiger partial charge in [-0.15, -0.1) is 0 Å². The van der Waals surface area contributed by atoms with Gasteiger partial charge in [0.2, 0.25) is 0 Å². The van der Waals surface area contributed by atoms with Crippen LogP contribution in [0.3, 0.4) is 0 Å². The first kappa shape index (κ1) is 20.3. The summed E-state index contributed by atoms with van der Waals surface area (Å²) in [6, 6.07) is 9.87. The fourth-order valence-corrected chi connectivity index (χ4v) is 3.44. The fourth-order valence-electron chi connectivity index (χ4n) is 3.44. The van der Waals surface area contributed by atoms with E-state index >= 15 is 0 Å². The van der Waals surface area contributed by atoms with E-state index in [2.05, 4.69) is 20.2 Å². The highest BCUT2D eigenvalue weighted by Crippen LogP contribution is 2.27. The number of ether oxygens (including phenoxy) is 1. The lowest BCUT2D eigenvalue weighted by molar-refractivity contribution is 0.105. The van der Waals surface area contributed by atoms with Crippen molar-refractivity contribution in [3.05, 3.63) is 47.0 Å². The summed E-state index contributed by atoms with van der Waals surface area (Å²) in [6.07, 6.45) is 0.515. The van der Waals surface area contributed by atoms with Gasteiger partial charge in [-0.2, -0.15) is 0 Å². The molecular weight excluding hydrogens is 386 g/mol. The van der Waals surface area contributed by atoms with Gasteiger partial charge in [0.25, 0.3) is 5.56 Å². The number of aromatic nitrogens is 3. The number of morpholine rings is 1. The molecule has 0 radical (unpaired) electrons. The highest BCUT2D eigenvalue weighted by atomic mass is 16.5. The van der Waals surface area contributed by atoms with Gasteiger partial charge < -0.3 is 29.7 Å². The van der Waals surface area contributed by atoms with Crippen molar-refractivity contribution in [2.75, 3.05) is 49.7 Å². The van der Waals surface area contributed by atoms with Crippen LogP contribution >= 0.6 is 0 Å². The maximum atomic E-state index is 12.6. The summed E-state index contributed by atoms with van der Waals surface area (Å²) in [7, 11) is 1.62. The molecule has 4 rings (SSSR count). The Morgan fingerprint density at radius 2 is 1.97 bits per heavy atom. The first-order valence-corrected chi connectivity index (χ1v) is 9.89. The molecule has 30 heavy (non-hydrogen) atoms. The lowest BCUT2D eigenvalue weighted by Gasteiger charge is -2.28. The van der Waals surface area contributed by atoms with Gasteiger partial charge in [-0.3, -0.25) is 4.79 Å². The average molecular weight is 411 g/mol.